The van der Waals surface area contributed by atoms with Gasteiger partial charge in [-0.2, -0.15) is 5.10 Å². The fourth-order valence-electron chi connectivity index (χ4n) is 2.25. The Labute approximate surface area is 141 Å². The number of nitrogens with zero attached hydrogens (tertiary/aromatic N) is 3. The van der Waals surface area contributed by atoms with E-state index in [2.05, 4.69) is 32.9 Å². The fourth-order valence-corrected chi connectivity index (χ4v) is 3.38. The van der Waals surface area contributed by atoms with E-state index in [1.54, 1.807) is 4.52 Å². The average molecular weight is 385 g/mol. The van der Waals surface area contributed by atoms with Crippen LogP contribution >= 0.6 is 39.1 Å². The molecule has 21 heavy (non-hydrogen) atoms. The molecule has 3 aromatic rings. The van der Waals surface area contributed by atoms with Gasteiger partial charge in [0.2, 0.25) is 0 Å². The highest BCUT2D eigenvalue weighted by molar-refractivity contribution is 9.10. The molecule has 0 bridgehead atoms. The standard InChI is InChI=1S/C15H12BrCl2N3/c1-2-5-9-8-12-19-14(17)13(15(18)21(12)20-9)10-6-3-4-7-11(10)16/h3-4,6-8H,2,5H2,1H3. The second-order valence-electron chi connectivity index (χ2n) is 4.70. The van der Waals surface area contributed by atoms with Gasteiger partial charge < -0.3 is 0 Å². The van der Waals surface area contributed by atoms with Crippen molar-refractivity contribution in [3.05, 3.63) is 50.8 Å². The molecule has 0 amide bonds. The van der Waals surface area contributed by atoms with E-state index in [-0.39, 0.29) is 0 Å². The van der Waals surface area contributed by atoms with Crippen molar-refractivity contribution in [2.45, 2.75) is 19.8 Å². The molecular weight excluding hydrogens is 373 g/mol. The van der Waals surface area contributed by atoms with E-state index in [9.17, 15) is 0 Å². The van der Waals surface area contributed by atoms with Gasteiger partial charge in [-0.3, -0.25) is 0 Å². The van der Waals surface area contributed by atoms with Crippen LogP contribution in [0.2, 0.25) is 10.3 Å². The summed E-state index contributed by atoms with van der Waals surface area (Å²) in [7, 11) is 0. The van der Waals surface area contributed by atoms with Gasteiger partial charge in [0.15, 0.2) is 5.65 Å². The van der Waals surface area contributed by atoms with Gasteiger partial charge in [-0.1, -0.05) is 70.7 Å². The summed E-state index contributed by atoms with van der Waals surface area (Å²) in [5.74, 6) is 0. The van der Waals surface area contributed by atoms with Crippen molar-refractivity contribution in [3.63, 3.8) is 0 Å². The number of rotatable bonds is 3. The summed E-state index contributed by atoms with van der Waals surface area (Å²) < 4.78 is 2.56. The number of halogens is 3. The van der Waals surface area contributed by atoms with Crippen LogP contribution in [0.4, 0.5) is 0 Å². The van der Waals surface area contributed by atoms with E-state index < -0.39 is 0 Å². The van der Waals surface area contributed by atoms with Gasteiger partial charge in [-0.15, -0.1) is 0 Å². The topological polar surface area (TPSA) is 30.2 Å². The minimum absolute atomic E-state index is 0.377. The number of aromatic nitrogens is 3. The van der Waals surface area contributed by atoms with Gasteiger partial charge in [-0.05, 0) is 12.5 Å². The summed E-state index contributed by atoms with van der Waals surface area (Å²) in [6.45, 7) is 2.11. The Kier molecular flexibility index (Phi) is 4.20. The Balaban J connectivity index is 2.26. The van der Waals surface area contributed by atoms with Gasteiger partial charge in [0, 0.05) is 16.1 Å². The molecule has 3 rings (SSSR count). The van der Waals surface area contributed by atoms with Crippen molar-refractivity contribution in [1.82, 2.24) is 14.6 Å². The summed E-state index contributed by atoms with van der Waals surface area (Å²) in [5.41, 5.74) is 3.22. The SMILES string of the molecule is CCCc1cc2nc(Cl)c(-c3ccccc3Br)c(Cl)n2n1. The first-order valence-electron chi connectivity index (χ1n) is 6.60. The molecule has 0 atom stereocenters. The largest absolute Gasteiger partial charge is 0.216 e. The molecule has 0 N–H and O–H groups in total. The smallest absolute Gasteiger partial charge is 0.158 e. The molecule has 0 spiro atoms. The Morgan fingerprint density at radius 2 is 2.00 bits per heavy atom. The first-order valence-corrected chi connectivity index (χ1v) is 8.15. The second-order valence-corrected chi connectivity index (χ2v) is 6.27. The van der Waals surface area contributed by atoms with E-state index >= 15 is 0 Å². The third-order valence-corrected chi connectivity index (χ3v) is 4.52. The number of hydrogen-bond acceptors (Lipinski definition) is 2. The molecule has 0 unspecified atom stereocenters. The minimum Gasteiger partial charge on any atom is -0.216 e. The molecule has 2 heterocycles. The van der Waals surface area contributed by atoms with Crippen molar-refractivity contribution in [3.8, 4) is 11.1 Å². The monoisotopic (exact) mass is 383 g/mol. The van der Waals surface area contributed by atoms with Crippen LogP contribution in [0.15, 0.2) is 34.8 Å². The number of aryl methyl sites for hydroxylation is 1. The third-order valence-electron chi connectivity index (χ3n) is 3.20. The highest BCUT2D eigenvalue weighted by atomic mass is 79.9. The van der Waals surface area contributed by atoms with E-state index in [0.717, 1.165) is 28.6 Å². The molecule has 0 radical (unpaired) electrons. The van der Waals surface area contributed by atoms with Crippen LogP contribution < -0.4 is 0 Å². The lowest BCUT2D eigenvalue weighted by atomic mass is 10.1. The van der Waals surface area contributed by atoms with Crippen LogP contribution in [0.25, 0.3) is 16.8 Å². The highest BCUT2D eigenvalue weighted by Crippen LogP contribution is 2.37. The van der Waals surface area contributed by atoms with Crippen molar-refractivity contribution in [2.24, 2.45) is 0 Å². The molecule has 1 aromatic carbocycles. The minimum atomic E-state index is 0.377. The highest BCUT2D eigenvalue weighted by Gasteiger charge is 2.17. The first kappa shape index (κ1) is 14.8. The maximum atomic E-state index is 6.52. The zero-order valence-electron chi connectivity index (χ0n) is 11.3. The Bertz CT molecular complexity index is 814. The summed E-state index contributed by atoms with van der Waals surface area (Å²) in [6.07, 6.45) is 1.91. The zero-order chi connectivity index (χ0) is 15.0. The molecule has 0 saturated heterocycles. The van der Waals surface area contributed by atoms with Crippen molar-refractivity contribution >= 4 is 44.8 Å². The maximum absolute atomic E-state index is 6.52. The van der Waals surface area contributed by atoms with Crippen LogP contribution in [0.3, 0.4) is 0 Å². The Morgan fingerprint density at radius 1 is 1.24 bits per heavy atom. The lowest BCUT2D eigenvalue weighted by Gasteiger charge is -2.09. The lowest BCUT2D eigenvalue weighted by Crippen LogP contribution is -1.98. The third kappa shape index (κ3) is 2.68. The quantitative estimate of drug-likeness (QED) is 0.564. The molecule has 2 aromatic heterocycles. The van der Waals surface area contributed by atoms with Gasteiger partial charge in [-0.25, -0.2) is 9.50 Å². The number of fused-ring (bicyclic) bond motifs is 1. The fraction of sp³-hybridized carbons (Fsp3) is 0.200. The van der Waals surface area contributed by atoms with Crippen molar-refractivity contribution < 1.29 is 0 Å². The van der Waals surface area contributed by atoms with Crippen LogP contribution in [0.1, 0.15) is 19.0 Å². The van der Waals surface area contributed by atoms with Gasteiger partial charge in [0.05, 0.1) is 11.3 Å². The average Bonchev–Trinajstić information content (AvgIpc) is 2.84. The van der Waals surface area contributed by atoms with E-state index in [4.69, 9.17) is 23.2 Å². The van der Waals surface area contributed by atoms with E-state index in [0.29, 0.717) is 21.5 Å². The zero-order valence-corrected chi connectivity index (χ0v) is 14.4. The van der Waals surface area contributed by atoms with Crippen molar-refractivity contribution in [1.29, 1.82) is 0 Å². The van der Waals surface area contributed by atoms with Crippen molar-refractivity contribution in [2.75, 3.05) is 0 Å². The Hall–Kier alpha value is -1.10. The predicted octanol–water partition coefficient (Wildman–Crippen LogP) is 5.42. The summed E-state index contributed by atoms with van der Waals surface area (Å²) in [4.78, 5) is 4.42. The second kappa shape index (κ2) is 5.95. The van der Waals surface area contributed by atoms with Crippen LogP contribution in [-0.2, 0) is 6.42 Å². The lowest BCUT2D eigenvalue weighted by molar-refractivity contribution is 0.834. The number of benzene rings is 1. The van der Waals surface area contributed by atoms with Gasteiger partial charge in [0.25, 0.3) is 0 Å². The molecule has 6 heteroatoms. The molecule has 108 valence electrons. The predicted molar refractivity (Wildman–Crippen MR) is 90.1 cm³/mol. The normalized spacial score (nSPS) is 11.2. The molecule has 0 fully saturated rings. The molecule has 0 saturated carbocycles. The molecule has 0 aliphatic carbocycles. The van der Waals surface area contributed by atoms with Gasteiger partial charge >= 0.3 is 0 Å². The summed E-state index contributed by atoms with van der Waals surface area (Å²) in [5, 5.41) is 5.36. The maximum Gasteiger partial charge on any atom is 0.158 e. The Morgan fingerprint density at radius 3 is 2.71 bits per heavy atom. The molecular formula is C15H12BrCl2N3. The van der Waals surface area contributed by atoms with E-state index in [1.165, 1.54) is 0 Å². The van der Waals surface area contributed by atoms with Gasteiger partial charge in [0.1, 0.15) is 10.3 Å². The van der Waals surface area contributed by atoms with Crippen LogP contribution in [-0.4, -0.2) is 14.6 Å². The van der Waals surface area contributed by atoms with Crippen LogP contribution in [0, 0.1) is 0 Å². The van der Waals surface area contributed by atoms with E-state index in [1.807, 2.05) is 30.3 Å². The molecule has 0 aliphatic rings. The summed E-state index contributed by atoms with van der Waals surface area (Å²) in [6, 6.07) is 9.68. The first-order chi connectivity index (χ1) is 10.1. The number of hydrogen-bond donors (Lipinski definition) is 0. The van der Waals surface area contributed by atoms with Crippen LogP contribution in [0.5, 0.6) is 0 Å². The summed E-state index contributed by atoms with van der Waals surface area (Å²) >= 11 is 16.4. The molecule has 0 aliphatic heterocycles. The molecule has 3 nitrogen and oxygen atoms in total.